The van der Waals surface area contributed by atoms with Crippen molar-refractivity contribution < 1.29 is 28.7 Å². The van der Waals surface area contributed by atoms with E-state index in [9.17, 15) is 19.2 Å². The first kappa shape index (κ1) is 22.9. The molecule has 0 unspecified atom stereocenters. The molecule has 9 heteroatoms. The van der Waals surface area contributed by atoms with E-state index >= 15 is 0 Å². The molecular formula is C19H27N3O6. The molecule has 4 N–H and O–H groups in total. The van der Waals surface area contributed by atoms with Gasteiger partial charge in [-0.25, -0.2) is 4.79 Å². The van der Waals surface area contributed by atoms with Crippen molar-refractivity contribution in [2.24, 2.45) is 5.73 Å². The fraction of sp³-hybridized carbons (Fsp3) is 0.474. The Balaban J connectivity index is 2.32. The van der Waals surface area contributed by atoms with Crippen molar-refractivity contribution in [1.82, 2.24) is 5.32 Å². The summed E-state index contributed by atoms with van der Waals surface area (Å²) in [5, 5.41) is 5.11. The number of primary amides is 1. The molecule has 0 aliphatic heterocycles. The summed E-state index contributed by atoms with van der Waals surface area (Å²) in [5.74, 6) is -1.63. The van der Waals surface area contributed by atoms with Gasteiger partial charge in [0.2, 0.25) is 5.91 Å². The summed E-state index contributed by atoms with van der Waals surface area (Å²) in [6, 6.07) is 6.00. The van der Waals surface area contributed by atoms with Crippen LogP contribution in [0.2, 0.25) is 0 Å². The maximum atomic E-state index is 12.1. The number of nitrogens with two attached hydrogens (primary N) is 1. The number of hydrogen-bond donors (Lipinski definition) is 3. The molecule has 0 fully saturated rings. The Hall–Kier alpha value is -3.10. The first-order chi connectivity index (χ1) is 13.0. The van der Waals surface area contributed by atoms with E-state index < -0.39 is 35.6 Å². The highest BCUT2D eigenvalue weighted by Crippen LogP contribution is 2.10. The van der Waals surface area contributed by atoms with E-state index in [0.717, 1.165) is 0 Å². The largest absolute Gasteiger partial charge is 0.453 e. The van der Waals surface area contributed by atoms with Gasteiger partial charge >= 0.3 is 12.1 Å². The summed E-state index contributed by atoms with van der Waals surface area (Å²) in [4.78, 5) is 46.4. The maximum absolute atomic E-state index is 12.1. The number of hydrogen-bond acceptors (Lipinski definition) is 6. The molecule has 28 heavy (non-hydrogen) atoms. The lowest BCUT2D eigenvalue weighted by Gasteiger charge is -2.19. The molecule has 9 nitrogen and oxygen atoms in total. The van der Waals surface area contributed by atoms with Crippen LogP contribution in [-0.2, 0) is 19.1 Å². The monoisotopic (exact) mass is 393 g/mol. The number of benzene rings is 1. The lowest BCUT2D eigenvalue weighted by Crippen LogP contribution is -2.33. The fourth-order valence-corrected chi connectivity index (χ4v) is 2.01. The van der Waals surface area contributed by atoms with Gasteiger partial charge in [0.15, 0.2) is 6.10 Å². The van der Waals surface area contributed by atoms with E-state index in [-0.39, 0.29) is 13.0 Å². The number of esters is 1. The van der Waals surface area contributed by atoms with Crippen LogP contribution >= 0.6 is 0 Å². The van der Waals surface area contributed by atoms with Crippen molar-refractivity contribution in [2.45, 2.75) is 52.2 Å². The average Bonchev–Trinajstić information content (AvgIpc) is 2.57. The van der Waals surface area contributed by atoms with Crippen molar-refractivity contribution in [3.05, 3.63) is 29.8 Å². The van der Waals surface area contributed by atoms with Gasteiger partial charge in [-0.3, -0.25) is 14.4 Å². The van der Waals surface area contributed by atoms with Crippen LogP contribution < -0.4 is 16.4 Å². The molecule has 1 aromatic carbocycles. The normalized spacial score (nSPS) is 11.9. The van der Waals surface area contributed by atoms with Gasteiger partial charge in [-0.1, -0.05) is 0 Å². The first-order valence-corrected chi connectivity index (χ1v) is 8.85. The number of alkyl carbamates (subject to hydrolysis) is 1. The van der Waals surface area contributed by atoms with Crippen molar-refractivity contribution >= 4 is 29.6 Å². The van der Waals surface area contributed by atoms with E-state index in [1.165, 1.54) is 31.2 Å². The predicted octanol–water partition coefficient (Wildman–Crippen LogP) is 1.96. The van der Waals surface area contributed by atoms with Crippen LogP contribution in [0.4, 0.5) is 10.5 Å². The van der Waals surface area contributed by atoms with Crippen LogP contribution in [-0.4, -0.2) is 42.1 Å². The lowest BCUT2D eigenvalue weighted by atomic mass is 10.2. The van der Waals surface area contributed by atoms with Crippen LogP contribution in [0.5, 0.6) is 0 Å². The fourth-order valence-electron chi connectivity index (χ4n) is 2.01. The number of carbonyl (C=O) groups is 4. The topological polar surface area (TPSA) is 137 Å². The van der Waals surface area contributed by atoms with Gasteiger partial charge in [-0.05, 0) is 58.4 Å². The van der Waals surface area contributed by atoms with Gasteiger partial charge in [-0.15, -0.1) is 0 Å². The molecular weight excluding hydrogens is 366 g/mol. The van der Waals surface area contributed by atoms with Crippen LogP contribution in [0.25, 0.3) is 0 Å². The van der Waals surface area contributed by atoms with Gasteiger partial charge in [0.1, 0.15) is 5.60 Å². The lowest BCUT2D eigenvalue weighted by molar-refractivity contribution is -0.153. The minimum atomic E-state index is -0.998. The Kier molecular flexibility index (Phi) is 8.43. The molecule has 0 saturated heterocycles. The van der Waals surface area contributed by atoms with Crippen molar-refractivity contribution in [3.63, 3.8) is 0 Å². The van der Waals surface area contributed by atoms with Gasteiger partial charge in [0.05, 0.1) is 0 Å². The molecule has 1 aromatic rings. The zero-order valence-electron chi connectivity index (χ0n) is 16.5. The molecule has 0 radical (unpaired) electrons. The number of carbonyl (C=O) groups excluding carboxylic acids is 4. The van der Waals surface area contributed by atoms with Crippen LogP contribution in [0, 0.1) is 0 Å². The van der Waals surface area contributed by atoms with Crippen molar-refractivity contribution in [3.8, 4) is 0 Å². The minimum Gasteiger partial charge on any atom is -0.453 e. The second kappa shape index (κ2) is 10.3. The average molecular weight is 393 g/mol. The first-order valence-electron chi connectivity index (χ1n) is 8.85. The SMILES string of the molecule is C[C@H](OC(=O)CCCNC(=O)OC(C)(C)C)C(=O)Nc1ccc(C(N)=O)cc1. The van der Waals surface area contributed by atoms with E-state index in [4.69, 9.17) is 15.2 Å². The van der Waals surface area contributed by atoms with Gasteiger partial charge in [0, 0.05) is 24.2 Å². The molecule has 154 valence electrons. The molecule has 1 rings (SSSR count). The zero-order chi connectivity index (χ0) is 21.3. The van der Waals surface area contributed by atoms with Crippen LogP contribution in [0.3, 0.4) is 0 Å². The van der Waals surface area contributed by atoms with Gasteiger partial charge in [0.25, 0.3) is 5.91 Å². The second-order valence-electron chi connectivity index (χ2n) is 7.10. The number of anilines is 1. The van der Waals surface area contributed by atoms with Crippen molar-refractivity contribution in [2.75, 3.05) is 11.9 Å². The summed E-state index contributed by atoms with van der Waals surface area (Å²) >= 11 is 0. The van der Waals surface area contributed by atoms with Crippen LogP contribution in [0.15, 0.2) is 24.3 Å². The molecule has 0 spiro atoms. The predicted molar refractivity (Wildman–Crippen MR) is 103 cm³/mol. The molecule has 0 heterocycles. The molecule has 0 bridgehead atoms. The Morgan fingerprint density at radius 1 is 1.11 bits per heavy atom. The number of ether oxygens (including phenoxy) is 2. The van der Waals surface area contributed by atoms with E-state index in [0.29, 0.717) is 17.7 Å². The number of rotatable bonds is 8. The number of amides is 3. The van der Waals surface area contributed by atoms with Crippen LogP contribution in [0.1, 0.15) is 50.9 Å². The maximum Gasteiger partial charge on any atom is 0.407 e. The minimum absolute atomic E-state index is 0.0424. The Morgan fingerprint density at radius 2 is 1.71 bits per heavy atom. The molecule has 0 saturated carbocycles. The quantitative estimate of drug-likeness (QED) is 0.456. The standard InChI is InChI=1S/C19H27N3O6/c1-12(17(25)22-14-9-7-13(8-10-14)16(20)24)27-15(23)6-5-11-21-18(26)28-19(2,3)4/h7-10,12H,5-6,11H2,1-4H3,(H2,20,24)(H,21,26)(H,22,25)/t12-/m0/s1. The smallest absolute Gasteiger partial charge is 0.407 e. The van der Waals surface area contributed by atoms with Crippen molar-refractivity contribution in [1.29, 1.82) is 0 Å². The Bertz CT molecular complexity index is 709. The Morgan fingerprint density at radius 3 is 2.25 bits per heavy atom. The summed E-state index contributed by atoms with van der Waals surface area (Å²) in [5.41, 5.74) is 5.32. The second-order valence-corrected chi connectivity index (χ2v) is 7.10. The van der Waals surface area contributed by atoms with Gasteiger partial charge < -0.3 is 25.8 Å². The summed E-state index contributed by atoms with van der Waals surface area (Å²) in [6.45, 7) is 6.95. The molecule has 1 atom stereocenters. The summed E-state index contributed by atoms with van der Waals surface area (Å²) in [6.07, 6.45) is -1.17. The van der Waals surface area contributed by atoms with E-state index in [2.05, 4.69) is 10.6 Å². The molecule has 3 amide bonds. The van der Waals surface area contributed by atoms with E-state index in [1.807, 2.05) is 0 Å². The third-order valence-corrected chi connectivity index (χ3v) is 3.34. The summed E-state index contributed by atoms with van der Waals surface area (Å²) < 4.78 is 10.1. The third-order valence-electron chi connectivity index (χ3n) is 3.34. The summed E-state index contributed by atoms with van der Waals surface area (Å²) in [7, 11) is 0. The van der Waals surface area contributed by atoms with Gasteiger partial charge in [-0.2, -0.15) is 0 Å². The highest BCUT2D eigenvalue weighted by atomic mass is 16.6. The zero-order valence-corrected chi connectivity index (χ0v) is 16.5. The third kappa shape index (κ3) is 9.02. The highest BCUT2D eigenvalue weighted by molar-refractivity contribution is 5.96. The molecule has 0 aliphatic carbocycles. The Labute approximate surface area is 163 Å². The molecule has 0 aliphatic rings. The van der Waals surface area contributed by atoms with E-state index in [1.54, 1.807) is 20.8 Å². The molecule has 0 aromatic heterocycles. The number of nitrogens with one attached hydrogen (secondary N) is 2. The highest BCUT2D eigenvalue weighted by Gasteiger charge is 2.18.